The summed E-state index contributed by atoms with van der Waals surface area (Å²) in [6.07, 6.45) is 17.9. The van der Waals surface area contributed by atoms with Gasteiger partial charge in [-0.2, -0.15) is 0 Å². The van der Waals surface area contributed by atoms with Crippen LogP contribution in [0.2, 0.25) is 0 Å². The molecule has 110 valence electrons. The van der Waals surface area contributed by atoms with Crippen LogP contribution in [0.4, 0.5) is 0 Å². The van der Waals surface area contributed by atoms with Crippen molar-refractivity contribution in [1.29, 1.82) is 0 Å². The van der Waals surface area contributed by atoms with Crippen molar-refractivity contribution in [2.75, 3.05) is 6.61 Å². The van der Waals surface area contributed by atoms with E-state index in [-0.39, 0.29) is 5.60 Å². The van der Waals surface area contributed by atoms with Crippen LogP contribution in [0.3, 0.4) is 0 Å². The minimum atomic E-state index is 0.263. The Morgan fingerprint density at radius 1 is 0.737 bits per heavy atom. The number of rotatable bonds is 2. The summed E-state index contributed by atoms with van der Waals surface area (Å²) in [7, 11) is 0. The molecule has 19 heavy (non-hydrogen) atoms. The lowest BCUT2D eigenvalue weighted by molar-refractivity contribution is -0.110. The highest BCUT2D eigenvalue weighted by Crippen LogP contribution is 2.38. The third-order valence-corrected chi connectivity index (χ3v) is 5.58. The fourth-order valence-electron chi connectivity index (χ4n) is 4.49. The average Bonchev–Trinajstić information content (AvgIpc) is 2.68. The van der Waals surface area contributed by atoms with Crippen molar-refractivity contribution in [3.8, 4) is 0 Å². The summed E-state index contributed by atoms with van der Waals surface area (Å²) >= 11 is 0. The first-order valence-corrected chi connectivity index (χ1v) is 8.76. The van der Waals surface area contributed by atoms with Crippen LogP contribution in [-0.2, 0) is 4.74 Å². The van der Waals surface area contributed by atoms with Gasteiger partial charge in [0.25, 0.3) is 0 Å². The Morgan fingerprint density at radius 2 is 1.42 bits per heavy atom. The van der Waals surface area contributed by atoms with Gasteiger partial charge < -0.3 is 10.1 Å². The average molecular weight is 265 g/mol. The molecule has 2 saturated carbocycles. The molecule has 3 aliphatic rings. The highest BCUT2D eigenvalue weighted by atomic mass is 16.5. The van der Waals surface area contributed by atoms with Crippen LogP contribution in [0.5, 0.6) is 0 Å². The predicted molar refractivity (Wildman–Crippen MR) is 79.4 cm³/mol. The van der Waals surface area contributed by atoms with Gasteiger partial charge in [0.2, 0.25) is 0 Å². The SMILES string of the molecule is C1CCCC(NC2CCOC3(CCCCC3)C2)CC1. The van der Waals surface area contributed by atoms with E-state index in [1.807, 2.05) is 0 Å². The van der Waals surface area contributed by atoms with E-state index in [0.29, 0.717) is 0 Å². The second-order valence-electron chi connectivity index (χ2n) is 7.14. The van der Waals surface area contributed by atoms with Crippen molar-refractivity contribution in [2.24, 2.45) is 0 Å². The zero-order chi connectivity index (χ0) is 13.0. The summed E-state index contributed by atoms with van der Waals surface area (Å²) < 4.78 is 6.21. The quantitative estimate of drug-likeness (QED) is 0.756. The lowest BCUT2D eigenvalue weighted by Gasteiger charge is -2.44. The molecule has 2 nitrogen and oxygen atoms in total. The van der Waals surface area contributed by atoms with Crippen molar-refractivity contribution in [2.45, 2.75) is 101 Å². The zero-order valence-electron chi connectivity index (χ0n) is 12.5. The first-order valence-electron chi connectivity index (χ1n) is 8.76. The maximum Gasteiger partial charge on any atom is 0.0697 e. The van der Waals surface area contributed by atoms with Crippen molar-refractivity contribution >= 4 is 0 Å². The maximum atomic E-state index is 6.21. The van der Waals surface area contributed by atoms with Gasteiger partial charge in [-0.05, 0) is 38.5 Å². The number of nitrogens with one attached hydrogen (secondary N) is 1. The summed E-state index contributed by atoms with van der Waals surface area (Å²) in [6, 6.07) is 1.53. The first kappa shape index (κ1) is 13.9. The molecule has 0 aromatic heterocycles. The molecule has 2 aliphatic carbocycles. The highest BCUT2D eigenvalue weighted by Gasteiger charge is 2.38. The van der Waals surface area contributed by atoms with E-state index in [1.165, 1.54) is 83.5 Å². The number of hydrogen-bond acceptors (Lipinski definition) is 2. The van der Waals surface area contributed by atoms with E-state index in [4.69, 9.17) is 4.74 Å². The molecular weight excluding hydrogens is 234 g/mol. The summed E-state index contributed by atoms with van der Waals surface area (Å²) in [6.45, 7) is 0.990. The van der Waals surface area contributed by atoms with Gasteiger partial charge >= 0.3 is 0 Å². The normalized spacial score (nSPS) is 33.2. The second kappa shape index (κ2) is 6.58. The first-order chi connectivity index (χ1) is 9.36. The summed E-state index contributed by atoms with van der Waals surface area (Å²) in [5, 5.41) is 3.99. The Hall–Kier alpha value is -0.0800. The molecule has 1 aliphatic heterocycles. The van der Waals surface area contributed by atoms with Gasteiger partial charge in [-0.3, -0.25) is 0 Å². The Balaban J connectivity index is 1.52. The van der Waals surface area contributed by atoms with Gasteiger partial charge in [-0.25, -0.2) is 0 Å². The van der Waals surface area contributed by atoms with Gasteiger partial charge in [-0.15, -0.1) is 0 Å². The van der Waals surface area contributed by atoms with Crippen molar-refractivity contribution in [1.82, 2.24) is 5.32 Å². The minimum Gasteiger partial charge on any atom is -0.375 e. The van der Waals surface area contributed by atoms with Crippen LogP contribution >= 0.6 is 0 Å². The van der Waals surface area contributed by atoms with Gasteiger partial charge in [-0.1, -0.05) is 44.9 Å². The van der Waals surface area contributed by atoms with E-state index in [0.717, 1.165) is 18.7 Å². The van der Waals surface area contributed by atoms with Crippen LogP contribution in [0.15, 0.2) is 0 Å². The van der Waals surface area contributed by atoms with Crippen molar-refractivity contribution < 1.29 is 4.74 Å². The molecule has 2 heteroatoms. The molecule has 3 fully saturated rings. The largest absolute Gasteiger partial charge is 0.375 e. The molecule has 1 N–H and O–H groups in total. The third kappa shape index (κ3) is 3.72. The molecule has 1 atom stereocenters. The maximum absolute atomic E-state index is 6.21. The Labute approximate surface area is 118 Å². The summed E-state index contributed by atoms with van der Waals surface area (Å²) in [5.41, 5.74) is 0.263. The molecule has 1 spiro atoms. The molecule has 3 rings (SSSR count). The van der Waals surface area contributed by atoms with Crippen molar-refractivity contribution in [3.63, 3.8) is 0 Å². The molecule has 1 unspecified atom stereocenters. The topological polar surface area (TPSA) is 21.3 Å². The molecule has 0 aromatic rings. The van der Waals surface area contributed by atoms with Crippen LogP contribution < -0.4 is 5.32 Å². The monoisotopic (exact) mass is 265 g/mol. The van der Waals surface area contributed by atoms with Crippen LogP contribution in [-0.4, -0.2) is 24.3 Å². The van der Waals surface area contributed by atoms with E-state index in [2.05, 4.69) is 5.32 Å². The van der Waals surface area contributed by atoms with E-state index in [9.17, 15) is 0 Å². The molecular formula is C17H31NO. The molecule has 1 saturated heterocycles. The van der Waals surface area contributed by atoms with Crippen molar-refractivity contribution in [3.05, 3.63) is 0 Å². The second-order valence-corrected chi connectivity index (χ2v) is 7.14. The number of hydrogen-bond donors (Lipinski definition) is 1. The van der Waals surface area contributed by atoms with Gasteiger partial charge in [0.15, 0.2) is 0 Å². The molecule has 0 bridgehead atoms. The van der Waals surface area contributed by atoms with Crippen LogP contribution in [0.1, 0.15) is 83.5 Å². The number of ether oxygens (including phenoxy) is 1. The van der Waals surface area contributed by atoms with E-state index < -0.39 is 0 Å². The third-order valence-electron chi connectivity index (χ3n) is 5.58. The van der Waals surface area contributed by atoms with Crippen LogP contribution in [0, 0.1) is 0 Å². The van der Waals surface area contributed by atoms with E-state index >= 15 is 0 Å². The van der Waals surface area contributed by atoms with Gasteiger partial charge in [0.05, 0.1) is 5.60 Å². The molecule has 0 radical (unpaired) electrons. The lowest BCUT2D eigenvalue weighted by Crippen LogP contribution is -2.50. The highest BCUT2D eigenvalue weighted by molar-refractivity contribution is 4.93. The summed E-state index contributed by atoms with van der Waals surface area (Å²) in [4.78, 5) is 0. The van der Waals surface area contributed by atoms with Gasteiger partial charge in [0, 0.05) is 18.7 Å². The molecule has 0 amide bonds. The summed E-state index contributed by atoms with van der Waals surface area (Å²) in [5.74, 6) is 0. The fourth-order valence-corrected chi connectivity index (χ4v) is 4.49. The minimum absolute atomic E-state index is 0.263. The smallest absolute Gasteiger partial charge is 0.0697 e. The zero-order valence-corrected chi connectivity index (χ0v) is 12.5. The van der Waals surface area contributed by atoms with Gasteiger partial charge in [0.1, 0.15) is 0 Å². The Morgan fingerprint density at radius 3 is 2.16 bits per heavy atom. The lowest BCUT2D eigenvalue weighted by atomic mass is 9.78. The predicted octanol–water partition coefficient (Wildman–Crippen LogP) is 4.18. The Bertz CT molecular complexity index is 259. The molecule has 0 aromatic carbocycles. The van der Waals surface area contributed by atoms with E-state index in [1.54, 1.807) is 0 Å². The fraction of sp³-hybridized carbons (Fsp3) is 1.00. The standard InChI is InChI=1S/C17H31NO/c1-2-5-9-15(8-4-1)18-16-10-13-19-17(14-16)11-6-3-7-12-17/h15-16,18H,1-14H2. The molecule has 1 heterocycles. The Kier molecular flexibility index (Phi) is 4.81. The van der Waals surface area contributed by atoms with Crippen LogP contribution in [0.25, 0.3) is 0 Å².